The molecule has 31 heavy (non-hydrogen) atoms. The maximum absolute atomic E-state index is 12.9. The van der Waals surface area contributed by atoms with Crippen molar-refractivity contribution in [2.75, 3.05) is 6.61 Å². The van der Waals surface area contributed by atoms with Gasteiger partial charge in [-0.3, -0.25) is 4.79 Å². The number of nitrogens with zero attached hydrogens (tertiary/aromatic N) is 2. The van der Waals surface area contributed by atoms with Gasteiger partial charge in [-0.1, -0.05) is 60.7 Å². The average molecular weight is 413 g/mol. The second-order valence-corrected chi connectivity index (χ2v) is 7.75. The fourth-order valence-electron chi connectivity index (χ4n) is 4.04. The Morgan fingerprint density at radius 2 is 1.81 bits per heavy atom. The number of rotatable bonds is 6. The molecule has 5 rings (SSSR count). The molecule has 0 saturated carbocycles. The fraction of sp³-hybridized carbons (Fsp3) is 0.200. The number of nitrogens with one attached hydrogen (secondary N) is 1. The maximum atomic E-state index is 12.9. The zero-order valence-electron chi connectivity index (χ0n) is 17.0. The van der Waals surface area contributed by atoms with Gasteiger partial charge in [-0.2, -0.15) is 0 Å². The minimum absolute atomic E-state index is 0.0000925. The Kier molecular flexibility index (Phi) is 5.24. The number of carbonyl (C=O) groups is 1. The first-order chi connectivity index (χ1) is 15.2. The third kappa shape index (κ3) is 3.83. The molecule has 0 unspecified atom stereocenters. The first kappa shape index (κ1) is 19.5. The molecule has 2 heterocycles. The van der Waals surface area contributed by atoms with Gasteiger partial charge in [0.15, 0.2) is 0 Å². The summed E-state index contributed by atoms with van der Waals surface area (Å²) in [5.41, 5.74) is 5.14. The first-order valence-corrected chi connectivity index (χ1v) is 10.3. The molecule has 2 N–H and O–H groups in total. The lowest BCUT2D eigenvalue weighted by atomic mass is 10.1. The van der Waals surface area contributed by atoms with Gasteiger partial charge in [-0.25, -0.2) is 4.98 Å². The molecule has 1 aromatic heterocycles. The van der Waals surface area contributed by atoms with Crippen molar-refractivity contribution in [1.29, 1.82) is 0 Å². The van der Waals surface area contributed by atoms with Gasteiger partial charge in [0, 0.05) is 12.1 Å². The highest BCUT2D eigenvalue weighted by Crippen LogP contribution is 2.29. The van der Waals surface area contributed by atoms with Crippen molar-refractivity contribution in [3.05, 3.63) is 89.5 Å². The number of aliphatic hydroxyl groups is 1. The summed E-state index contributed by atoms with van der Waals surface area (Å²) < 4.78 is 8.04. The molecule has 0 aliphatic carbocycles. The molecule has 0 spiro atoms. The molecule has 4 aromatic rings. The van der Waals surface area contributed by atoms with Gasteiger partial charge in [0.1, 0.15) is 5.82 Å². The van der Waals surface area contributed by atoms with Gasteiger partial charge in [-0.15, -0.1) is 0 Å². The Bertz CT molecular complexity index is 1220. The summed E-state index contributed by atoms with van der Waals surface area (Å²) in [6.45, 7) is 1.46. The summed E-state index contributed by atoms with van der Waals surface area (Å²) in [5, 5.41) is 12.5. The first-order valence-electron chi connectivity index (χ1n) is 10.3. The molecule has 0 fully saturated rings. The van der Waals surface area contributed by atoms with Crippen LogP contribution < -0.4 is 5.32 Å². The highest BCUT2D eigenvalue weighted by atomic mass is 16.5. The highest BCUT2D eigenvalue weighted by molar-refractivity contribution is 6.06. The van der Waals surface area contributed by atoms with Gasteiger partial charge >= 0.3 is 0 Å². The number of aromatic nitrogens is 2. The Balaban J connectivity index is 1.47. The predicted octanol–water partition coefficient (Wildman–Crippen LogP) is 3.52. The third-order valence-electron chi connectivity index (χ3n) is 5.57. The molecule has 0 radical (unpaired) electrons. The van der Waals surface area contributed by atoms with E-state index >= 15 is 0 Å². The minimum Gasteiger partial charge on any atom is -0.392 e. The zero-order valence-corrected chi connectivity index (χ0v) is 17.0. The van der Waals surface area contributed by atoms with Gasteiger partial charge in [0.25, 0.3) is 5.91 Å². The van der Waals surface area contributed by atoms with Crippen LogP contribution in [-0.4, -0.2) is 33.2 Å². The van der Waals surface area contributed by atoms with E-state index in [9.17, 15) is 9.90 Å². The number of para-hydroxylation sites is 1. The van der Waals surface area contributed by atoms with E-state index in [-0.39, 0.29) is 18.6 Å². The molecule has 1 aliphatic heterocycles. The van der Waals surface area contributed by atoms with Crippen molar-refractivity contribution >= 4 is 16.9 Å². The van der Waals surface area contributed by atoms with E-state index in [1.54, 1.807) is 0 Å². The second-order valence-electron chi connectivity index (χ2n) is 7.75. The van der Waals surface area contributed by atoms with Crippen LogP contribution in [0.15, 0.2) is 72.8 Å². The van der Waals surface area contributed by atoms with Crippen LogP contribution in [0.5, 0.6) is 0 Å². The van der Waals surface area contributed by atoms with Crippen molar-refractivity contribution in [1.82, 2.24) is 14.9 Å². The predicted molar refractivity (Wildman–Crippen MR) is 118 cm³/mol. The molecule has 6 nitrogen and oxygen atoms in total. The Labute approximate surface area is 180 Å². The quantitative estimate of drug-likeness (QED) is 0.507. The SMILES string of the molecule is O=C1N[C@@H](COCc2ccccc2)Cn2c(-c3ccc(CO)cc3)nc3cccc1c32. The van der Waals surface area contributed by atoms with Gasteiger partial charge in [0.05, 0.1) is 42.5 Å². The van der Waals surface area contributed by atoms with Crippen LogP contribution in [0, 0.1) is 0 Å². The minimum atomic E-state index is -0.184. The molecule has 0 bridgehead atoms. The van der Waals surface area contributed by atoms with E-state index in [1.165, 1.54) is 0 Å². The lowest BCUT2D eigenvalue weighted by Gasteiger charge is -2.18. The summed E-state index contributed by atoms with van der Waals surface area (Å²) in [5.74, 6) is 0.691. The standard InChI is InChI=1S/C25H23N3O3/c29-14-17-9-11-19(12-10-17)24-27-22-8-4-7-21-23(22)28(24)13-20(26-25(21)30)16-31-15-18-5-2-1-3-6-18/h1-12,20,29H,13-16H2,(H,26,30)/t20-/m1/s1. The number of carbonyl (C=O) groups excluding carboxylic acids is 1. The van der Waals surface area contributed by atoms with E-state index in [2.05, 4.69) is 9.88 Å². The number of aliphatic hydroxyl groups excluding tert-OH is 1. The van der Waals surface area contributed by atoms with Gasteiger partial charge < -0.3 is 19.7 Å². The van der Waals surface area contributed by atoms with E-state index in [1.807, 2.05) is 72.8 Å². The number of benzene rings is 3. The highest BCUT2D eigenvalue weighted by Gasteiger charge is 2.26. The van der Waals surface area contributed by atoms with E-state index < -0.39 is 0 Å². The normalized spacial score (nSPS) is 15.6. The van der Waals surface area contributed by atoms with Crippen molar-refractivity contribution in [3.63, 3.8) is 0 Å². The number of amides is 1. The molecular formula is C25H23N3O3. The number of ether oxygens (including phenoxy) is 1. The molecular weight excluding hydrogens is 390 g/mol. The largest absolute Gasteiger partial charge is 0.392 e. The lowest BCUT2D eigenvalue weighted by Crippen LogP contribution is -2.39. The lowest BCUT2D eigenvalue weighted by molar-refractivity contribution is 0.0784. The monoisotopic (exact) mass is 413 g/mol. The molecule has 1 aliphatic rings. The van der Waals surface area contributed by atoms with Crippen LogP contribution >= 0.6 is 0 Å². The molecule has 1 atom stereocenters. The molecule has 156 valence electrons. The smallest absolute Gasteiger partial charge is 0.253 e. The number of imidazole rings is 1. The zero-order chi connectivity index (χ0) is 21.2. The third-order valence-corrected chi connectivity index (χ3v) is 5.57. The Morgan fingerprint density at radius 3 is 2.58 bits per heavy atom. The molecule has 1 amide bonds. The van der Waals surface area contributed by atoms with Gasteiger partial charge in [0.2, 0.25) is 0 Å². The summed E-state index contributed by atoms with van der Waals surface area (Å²) >= 11 is 0. The maximum Gasteiger partial charge on any atom is 0.253 e. The van der Waals surface area contributed by atoms with Crippen molar-refractivity contribution in [2.45, 2.75) is 25.8 Å². The fourth-order valence-corrected chi connectivity index (χ4v) is 4.04. The van der Waals surface area contributed by atoms with Crippen molar-refractivity contribution < 1.29 is 14.6 Å². The van der Waals surface area contributed by atoms with Crippen molar-refractivity contribution in [3.8, 4) is 11.4 Å². The summed E-state index contributed by atoms with van der Waals surface area (Å²) in [4.78, 5) is 17.8. The van der Waals surface area contributed by atoms with Crippen LogP contribution in [0.25, 0.3) is 22.4 Å². The number of hydrogen-bond donors (Lipinski definition) is 2. The van der Waals surface area contributed by atoms with Gasteiger partial charge in [-0.05, 0) is 23.3 Å². The summed E-state index contributed by atoms with van der Waals surface area (Å²) in [6.07, 6.45) is 0. The van der Waals surface area contributed by atoms with Crippen LogP contribution in [0.3, 0.4) is 0 Å². The summed E-state index contributed by atoms with van der Waals surface area (Å²) in [7, 11) is 0. The van der Waals surface area contributed by atoms with E-state index in [4.69, 9.17) is 9.72 Å². The van der Waals surface area contributed by atoms with E-state index in [0.29, 0.717) is 25.3 Å². The average Bonchev–Trinajstić information content (AvgIpc) is 3.10. The van der Waals surface area contributed by atoms with Crippen LogP contribution in [0.4, 0.5) is 0 Å². The second kappa shape index (κ2) is 8.34. The molecule has 0 saturated heterocycles. The molecule has 3 aromatic carbocycles. The molecule has 6 heteroatoms. The topological polar surface area (TPSA) is 76.4 Å². The van der Waals surface area contributed by atoms with Crippen molar-refractivity contribution in [2.24, 2.45) is 0 Å². The van der Waals surface area contributed by atoms with E-state index in [0.717, 1.165) is 33.5 Å². The number of hydrogen-bond acceptors (Lipinski definition) is 4. The summed E-state index contributed by atoms with van der Waals surface area (Å²) in [6, 6.07) is 23.1. The Morgan fingerprint density at radius 1 is 1.00 bits per heavy atom. The van der Waals surface area contributed by atoms with Crippen LogP contribution in [-0.2, 0) is 24.5 Å². The Hall–Kier alpha value is -3.48. The van der Waals surface area contributed by atoms with Crippen LogP contribution in [0.2, 0.25) is 0 Å². The van der Waals surface area contributed by atoms with Crippen LogP contribution in [0.1, 0.15) is 21.5 Å².